The summed E-state index contributed by atoms with van der Waals surface area (Å²) in [4.78, 5) is 29.9. The molecule has 1 aromatic carbocycles. The first-order valence-electron chi connectivity index (χ1n) is 6.39. The van der Waals surface area contributed by atoms with Gasteiger partial charge in [0.05, 0.1) is 6.42 Å². The van der Waals surface area contributed by atoms with Gasteiger partial charge in [0.1, 0.15) is 18.0 Å². The van der Waals surface area contributed by atoms with Crippen molar-refractivity contribution in [2.45, 2.75) is 12.8 Å². The van der Waals surface area contributed by atoms with E-state index in [4.69, 9.17) is 16.7 Å². The number of halogens is 1. The van der Waals surface area contributed by atoms with E-state index in [2.05, 4.69) is 20.6 Å². The van der Waals surface area contributed by atoms with E-state index in [-0.39, 0.29) is 18.7 Å². The van der Waals surface area contributed by atoms with E-state index in [0.29, 0.717) is 10.8 Å². The van der Waals surface area contributed by atoms with E-state index in [9.17, 15) is 9.59 Å². The number of hydrogen-bond acceptors (Lipinski definition) is 5. The van der Waals surface area contributed by atoms with Crippen LogP contribution in [0.15, 0.2) is 36.7 Å². The second-order valence-electron chi connectivity index (χ2n) is 4.37. The number of nitrogens with zero attached hydrogens (tertiary/aromatic N) is 2. The van der Waals surface area contributed by atoms with Gasteiger partial charge >= 0.3 is 5.97 Å². The van der Waals surface area contributed by atoms with Crippen LogP contribution in [0.4, 0.5) is 17.3 Å². The van der Waals surface area contributed by atoms with Crippen LogP contribution in [0.2, 0.25) is 5.02 Å². The highest BCUT2D eigenvalue weighted by Gasteiger charge is 2.07. The zero-order valence-corrected chi connectivity index (χ0v) is 12.2. The van der Waals surface area contributed by atoms with Gasteiger partial charge in [-0.2, -0.15) is 0 Å². The first-order chi connectivity index (χ1) is 10.5. The molecular weight excluding hydrogens is 308 g/mol. The number of carbonyl (C=O) groups excluding carboxylic acids is 1. The maximum absolute atomic E-state index is 11.6. The van der Waals surface area contributed by atoms with Crippen molar-refractivity contribution in [3.05, 3.63) is 41.7 Å². The topological polar surface area (TPSA) is 104 Å². The van der Waals surface area contributed by atoms with Crippen LogP contribution in [-0.4, -0.2) is 27.0 Å². The van der Waals surface area contributed by atoms with Crippen molar-refractivity contribution >= 4 is 40.8 Å². The molecule has 0 saturated carbocycles. The standard InChI is InChI=1S/C14H13ClN4O3/c15-9-2-1-3-10(6-9)18-11-7-12(17-8-16-11)19-13(20)4-5-14(21)22/h1-3,6-8H,4-5H2,(H,21,22)(H2,16,17,18,19,20). The molecular formula is C14H13ClN4O3. The largest absolute Gasteiger partial charge is 0.481 e. The fourth-order valence-electron chi connectivity index (χ4n) is 1.63. The Labute approximate surface area is 131 Å². The predicted molar refractivity (Wildman–Crippen MR) is 82.3 cm³/mol. The van der Waals surface area contributed by atoms with Crippen LogP contribution in [0.25, 0.3) is 0 Å². The smallest absolute Gasteiger partial charge is 0.303 e. The first kappa shape index (κ1) is 15.7. The Hall–Kier alpha value is -2.67. The van der Waals surface area contributed by atoms with Gasteiger partial charge in [0.2, 0.25) is 5.91 Å². The second kappa shape index (κ2) is 7.37. The minimum Gasteiger partial charge on any atom is -0.481 e. The van der Waals surface area contributed by atoms with Crippen LogP contribution in [0.3, 0.4) is 0 Å². The summed E-state index contributed by atoms with van der Waals surface area (Å²) in [5.41, 5.74) is 0.745. The number of carboxylic acid groups (broad SMARTS) is 1. The van der Waals surface area contributed by atoms with E-state index in [1.54, 1.807) is 24.3 Å². The van der Waals surface area contributed by atoms with E-state index >= 15 is 0 Å². The summed E-state index contributed by atoms with van der Waals surface area (Å²) in [6.45, 7) is 0. The molecule has 22 heavy (non-hydrogen) atoms. The fourth-order valence-corrected chi connectivity index (χ4v) is 1.82. The molecule has 0 aliphatic carbocycles. The molecule has 0 spiro atoms. The molecule has 0 aliphatic rings. The molecule has 0 atom stereocenters. The van der Waals surface area contributed by atoms with Crippen LogP contribution in [-0.2, 0) is 9.59 Å². The Bertz CT molecular complexity index is 693. The van der Waals surface area contributed by atoms with Crippen molar-refractivity contribution in [1.29, 1.82) is 0 Å². The molecule has 0 aliphatic heterocycles. The Morgan fingerprint density at radius 2 is 1.91 bits per heavy atom. The van der Waals surface area contributed by atoms with Crippen LogP contribution in [0, 0.1) is 0 Å². The number of carbonyl (C=O) groups is 2. The summed E-state index contributed by atoms with van der Waals surface area (Å²) in [6, 6.07) is 8.63. The molecule has 0 fully saturated rings. The molecule has 2 aromatic rings. The number of hydrogen-bond donors (Lipinski definition) is 3. The average molecular weight is 321 g/mol. The number of aromatic nitrogens is 2. The van der Waals surface area contributed by atoms with Gasteiger partial charge in [-0.1, -0.05) is 17.7 Å². The Morgan fingerprint density at radius 1 is 1.14 bits per heavy atom. The second-order valence-corrected chi connectivity index (χ2v) is 4.80. The Balaban J connectivity index is 2.00. The van der Waals surface area contributed by atoms with Gasteiger partial charge in [-0.25, -0.2) is 9.97 Å². The van der Waals surface area contributed by atoms with Crippen molar-refractivity contribution in [2.75, 3.05) is 10.6 Å². The summed E-state index contributed by atoms with van der Waals surface area (Å²) < 4.78 is 0. The van der Waals surface area contributed by atoms with Crippen LogP contribution < -0.4 is 10.6 Å². The number of anilines is 3. The summed E-state index contributed by atoms with van der Waals surface area (Å²) >= 11 is 5.89. The number of aliphatic carboxylic acids is 1. The molecule has 2 rings (SSSR count). The molecule has 1 amide bonds. The number of rotatable bonds is 6. The molecule has 0 saturated heterocycles. The number of carboxylic acids is 1. The lowest BCUT2D eigenvalue weighted by Crippen LogP contribution is -2.14. The Kier molecular flexibility index (Phi) is 5.26. The fraction of sp³-hybridized carbons (Fsp3) is 0.143. The van der Waals surface area contributed by atoms with Crippen molar-refractivity contribution in [2.24, 2.45) is 0 Å². The molecule has 1 aromatic heterocycles. The highest BCUT2D eigenvalue weighted by atomic mass is 35.5. The average Bonchev–Trinajstić information content (AvgIpc) is 2.45. The molecule has 114 valence electrons. The third kappa shape index (κ3) is 5.02. The summed E-state index contributed by atoms with van der Waals surface area (Å²) in [5, 5.41) is 14.7. The summed E-state index contributed by atoms with van der Waals surface area (Å²) in [7, 11) is 0. The van der Waals surface area contributed by atoms with Gasteiger partial charge in [-0.3, -0.25) is 9.59 Å². The van der Waals surface area contributed by atoms with E-state index in [0.717, 1.165) is 5.69 Å². The summed E-state index contributed by atoms with van der Waals surface area (Å²) in [6.07, 6.45) is 0.945. The van der Waals surface area contributed by atoms with Crippen molar-refractivity contribution < 1.29 is 14.7 Å². The van der Waals surface area contributed by atoms with Crippen molar-refractivity contribution in [1.82, 2.24) is 9.97 Å². The zero-order chi connectivity index (χ0) is 15.9. The van der Waals surface area contributed by atoms with Crippen LogP contribution in [0.5, 0.6) is 0 Å². The minimum absolute atomic E-state index is 0.115. The molecule has 0 bridgehead atoms. The normalized spacial score (nSPS) is 10.0. The lowest BCUT2D eigenvalue weighted by molar-refractivity contribution is -0.138. The van der Waals surface area contributed by atoms with Gasteiger partial charge in [0, 0.05) is 23.2 Å². The maximum Gasteiger partial charge on any atom is 0.303 e. The molecule has 7 nitrogen and oxygen atoms in total. The van der Waals surface area contributed by atoms with E-state index in [1.165, 1.54) is 6.33 Å². The SMILES string of the molecule is O=C(O)CCC(=O)Nc1cc(Nc2cccc(Cl)c2)ncn1. The third-order valence-corrected chi connectivity index (χ3v) is 2.83. The number of nitrogens with one attached hydrogen (secondary N) is 2. The summed E-state index contributed by atoms with van der Waals surface area (Å²) in [5.74, 6) is -0.684. The molecule has 0 unspecified atom stereocenters. The van der Waals surface area contributed by atoms with Crippen molar-refractivity contribution in [3.63, 3.8) is 0 Å². The number of amides is 1. The minimum atomic E-state index is -1.03. The lowest BCUT2D eigenvalue weighted by atomic mass is 10.3. The van der Waals surface area contributed by atoms with Crippen molar-refractivity contribution in [3.8, 4) is 0 Å². The first-order valence-corrected chi connectivity index (χ1v) is 6.77. The molecule has 1 heterocycles. The van der Waals surface area contributed by atoms with Gasteiger partial charge in [0.25, 0.3) is 0 Å². The molecule has 3 N–H and O–H groups in total. The van der Waals surface area contributed by atoms with Gasteiger partial charge in [0.15, 0.2) is 0 Å². The molecule has 8 heteroatoms. The number of benzene rings is 1. The monoisotopic (exact) mass is 320 g/mol. The van der Waals surface area contributed by atoms with Gasteiger partial charge in [-0.05, 0) is 18.2 Å². The quantitative estimate of drug-likeness (QED) is 0.756. The highest BCUT2D eigenvalue weighted by molar-refractivity contribution is 6.30. The Morgan fingerprint density at radius 3 is 2.64 bits per heavy atom. The maximum atomic E-state index is 11.6. The van der Waals surface area contributed by atoms with Crippen LogP contribution in [0.1, 0.15) is 12.8 Å². The van der Waals surface area contributed by atoms with Gasteiger partial charge in [-0.15, -0.1) is 0 Å². The molecule has 0 radical (unpaired) electrons. The highest BCUT2D eigenvalue weighted by Crippen LogP contribution is 2.19. The van der Waals surface area contributed by atoms with E-state index < -0.39 is 11.9 Å². The van der Waals surface area contributed by atoms with E-state index in [1.807, 2.05) is 6.07 Å². The van der Waals surface area contributed by atoms with Crippen LogP contribution >= 0.6 is 11.6 Å². The lowest BCUT2D eigenvalue weighted by Gasteiger charge is -2.08. The zero-order valence-electron chi connectivity index (χ0n) is 11.4. The van der Waals surface area contributed by atoms with Gasteiger partial charge < -0.3 is 15.7 Å². The third-order valence-electron chi connectivity index (χ3n) is 2.60. The predicted octanol–water partition coefficient (Wildman–Crippen LogP) is 2.68.